The average molecular weight is 189 g/mol. The Kier molecular flexibility index (Phi) is 4.22. The van der Waals surface area contributed by atoms with Gasteiger partial charge in [-0.05, 0) is 31.7 Å². The third-order valence-electron chi connectivity index (χ3n) is 2.26. The van der Waals surface area contributed by atoms with Gasteiger partial charge >= 0.3 is 0 Å². The largest absolute Gasteiger partial charge is 0.313 e. The molecule has 0 aromatic carbocycles. The predicted octanol–water partition coefficient (Wildman–Crippen LogP) is 1.14. The van der Waals surface area contributed by atoms with Crippen LogP contribution < -0.4 is 5.32 Å². The first-order chi connectivity index (χ1) is 5.74. The van der Waals surface area contributed by atoms with Crippen LogP contribution in [0.3, 0.4) is 0 Å². The summed E-state index contributed by atoms with van der Waals surface area (Å²) in [5.41, 5.74) is 0. The maximum Gasteiger partial charge on any atom is 0.0388 e. The van der Waals surface area contributed by atoms with Gasteiger partial charge < -0.3 is 5.32 Å². The average Bonchev–Trinajstić information content (AvgIpc) is 2.79. The highest BCUT2D eigenvalue weighted by Crippen LogP contribution is 2.32. The number of hydrogen-bond donors (Lipinski definition) is 1. The molecule has 2 atom stereocenters. The minimum atomic E-state index is -0.642. The predicted molar refractivity (Wildman–Crippen MR) is 53.7 cm³/mol. The van der Waals surface area contributed by atoms with Crippen LogP contribution in [0.25, 0.3) is 0 Å². The fourth-order valence-corrected chi connectivity index (χ4v) is 2.34. The highest BCUT2D eigenvalue weighted by molar-refractivity contribution is 7.84. The lowest BCUT2D eigenvalue weighted by Gasteiger charge is -2.15. The van der Waals surface area contributed by atoms with Gasteiger partial charge in [-0.2, -0.15) is 0 Å². The topological polar surface area (TPSA) is 29.1 Å². The van der Waals surface area contributed by atoms with Crippen molar-refractivity contribution in [1.82, 2.24) is 5.32 Å². The van der Waals surface area contributed by atoms with E-state index in [2.05, 4.69) is 12.2 Å². The normalized spacial score (nSPS) is 22.2. The van der Waals surface area contributed by atoms with Crippen molar-refractivity contribution in [3.05, 3.63) is 0 Å². The molecule has 1 fully saturated rings. The van der Waals surface area contributed by atoms with E-state index in [1.807, 2.05) is 0 Å². The molecule has 0 saturated heterocycles. The van der Waals surface area contributed by atoms with Crippen LogP contribution in [0, 0.1) is 5.92 Å². The van der Waals surface area contributed by atoms with Crippen LogP contribution in [0.4, 0.5) is 0 Å². The Bertz CT molecular complexity index is 157. The molecule has 0 aromatic rings. The Hall–Kier alpha value is 0.110. The second-order valence-electron chi connectivity index (χ2n) is 3.64. The molecular weight excluding hydrogens is 170 g/mol. The van der Waals surface area contributed by atoms with E-state index in [1.54, 1.807) is 6.26 Å². The Labute approximate surface area is 77.6 Å². The monoisotopic (exact) mass is 189 g/mol. The van der Waals surface area contributed by atoms with Crippen molar-refractivity contribution >= 4 is 10.8 Å². The van der Waals surface area contributed by atoms with Gasteiger partial charge in [-0.25, -0.2) is 0 Å². The van der Waals surface area contributed by atoms with Crippen molar-refractivity contribution in [1.29, 1.82) is 0 Å². The lowest BCUT2D eigenvalue weighted by molar-refractivity contribution is 0.499. The molecule has 0 aliphatic heterocycles. The Morgan fingerprint density at radius 1 is 1.58 bits per heavy atom. The van der Waals surface area contributed by atoms with Crippen molar-refractivity contribution in [2.75, 3.05) is 18.6 Å². The molecule has 1 aliphatic rings. The van der Waals surface area contributed by atoms with Gasteiger partial charge in [-0.1, -0.05) is 6.92 Å². The zero-order valence-electron chi connectivity index (χ0n) is 8.01. The third kappa shape index (κ3) is 3.68. The molecule has 1 N–H and O–H groups in total. The summed E-state index contributed by atoms with van der Waals surface area (Å²) in [4.78, 5) is 0. The van der Waals surface area contributed by atoms with Crippen LogP contribution in [0.5, 0.6) is 0 Å². The molecule has 2 unspecified atom stereocenters. The van der Waals surface area contributed by atoms with Crippen molar-refractivity contribution in [2.45, 2.75) is 32.2 Å². The van der Waals surface area contributed by atoms with Crippen LogP contribution in [-0.4, -0.2) is 28.8 Å². The van der Waals surface area contributed by atoms with E-state index in [-0.39, 0.29) is 0 Å². The molecule has 1 rings (SSSR count). The summed E-state index contributed by atoms with van der Waals surface area (Å²) >= 11 is 0. The standard InChI is InChI=1S/C9H19NOS/c1-3-6-10-9(7-12(2)11)8-4-5-8/h8-10H,3-7H2,1-2H3. The molecule has 0 aromatic heterocycles. The van der Waals surface area contributed by atoms with Gasteiger partial charge in [0.15, 0.2) is 0 Å². The smallest absolute Gasteiger partial charge is 0.0388 e. The van der Waals surface area contributed by atoms with Gasteiger partial charge in [-0.15, -0.1) is 0 Å². The Balaban J connectivity index is 2.22. The molecular formula is C9H19NOS. The summed E-state index contributed by atoms with van der Waals surface area (Å²) in [6.07, 6.45) is 5.62. The molecule has 0 radical (unpaired) electrons. The summed E-state index contributed by atoms with van der Waals surface area (Å²) in [6, 6.07) is 0.524. The van der Waals surface area contributed by atoms with E-state index >= 15 is 0 Å². The van der Waals surface area contributed by atoms with Gasteiger partial charge in [0, 0.05) is 28.9 Å². The molecule has 72 valence electrons. The van der Waals surface area contributed by atoms with Crippen LogP contribution in [-0.2, 0) is 10.8 Å². The van der Waals surface area contributed by atoms with E-state index in [4.69, 9.17) is 0 Å². The van der Waals surface area contributed by atoms with E-state index in [1.165, 1.54) is 19.3 Å². The Morgan fingerprint density at radius 2 is 2.25 bits per heavy atom. The maximum absolute atomic E-state index is 11.0. The second kappa shape index (κ2) is 4.97. The first kappa shape index (κ1) is 10.2. The van der Waals surface area contributed by atoms with E-state index < -0.39 is 10.8 Å². The lowest BCUT2D eigenvalue weighted by Crippen LogP contribution is -2.36. The quantitative estimate of drug-likeness (QED) is 0.679. The molecule has 1 saturated carbocycles. The zero-order chi connectivity index (χ0) is 8.97. The second-order valence-corrected chi connectivity index (χ2v) is 5.12. The number of nitrogens with one attached hydrogen (secondary N) is 1. The van der Waals surface area contributed by atoms with E-state index in [9.17, 15) is 4.21 Å². The molecule has 0 bridgehead atoms. The van der Waals surface area contributed by atoms with E-state index in [0.717, 1.165) is 18.2 Å². The highest BCUT2D eigenvalue weighted by Gasteiger charge is 2.30. The number of rotatable bonds is 6. The van der Waals surface area contributed by atoms with Gasteiger partial charge in [0.05, 0.1) is 0 Å². The summed E-state index contributed by atoms with van der Waals surface area (Å²) in [5, 5.41) is 3.47. The summed E-state index contributed by atoms with van der Waals surface area (Å²) in [6.45, 7) is 3.23. The molecule has 12 heavy (non-hydrogen) atoms. The minimum Gasteiger partial charge on any atom is -0.313 e. The minimum absolute atomic E-state index is 0.524. The zero-order valence-corrected chi connectivity index (χ0v) is 8.82. The van der Waals surface area contributed by atoms with Crippen LogP contribution in [0.1, 0.15) is 26.2 Å². The van der Waals surface area contributed by atoms with Crippen molar-refractivity contribution in [3.63, 3.8) is 0 Å². The van der Waals surface area contributed by atoms with Crippen LogP contribution in [0.2, 0.25) is 0 Å². The fourth-order valence-electron chi connectivity index (χ4n) is 1.44. The van der Waals surface area contributed by atoms with Crippen LogP contribution >= 0.6 is 0 Å². The molecule has 0 amide bonds. The first-order valence-electron chi connectivity index (χ1n) is 4.77. The first-order valence-corrected chi connectivity index (χ1v) is 6.50. The van der Waals surface area contributed by atoms with Gasteiger partial charge in [-0.3, -0.25) is 4.21 Å². The van der Waals surface area contributed by atoms with E-state index in [0.29, 0.717) is 6.04 Å². The SMILES string of the molecule is CCCNC(CS(C)=O)C1CC1. The molecule has 1 aliphatic carbocycles. The van der Waals surface area contributed by atoms with Crippen LogP contribution in [0.15, 0.2) is 0 Å². The van der Waals surface area contributed by atoms with Gasteiger partial charge in [0.1, 0.15) is 0 Å². The number of hydrogen-bond acceptors (Lipinski definition) is 2. The lowest BCUT2D eigenvalue weighted by atomic mass is 10.2. The highest BCUT2D eigenvalue weighted by atomic mass is 32.2. The van der Waals surface area contributed by atoms with Gasteiger partial charge in [0.25, 0.3) is 0 Å². The van der Waals surface area contributed by atoms with Crippen molar-refractivity contribution < 1.29 is 4.21 Å². The van der Waals surface area contributed by atoms with Gasteiger partial charge in [0.2, 0.25) is 0 Å². The van der Waals surface area contributed by atoms with Crippen molar-refractivity contribution in [2.24, 2.45) is 5.92 Å². The molecule has 0 spiro atoms. The molecule has 2 nitrogen and oxygen atoms in total. The maximum atomic E-state index is 11.0. The molecule has 3 heteroatoms. The Morgan fingerprint density at radius 3 is 2.67 bits per heavy atom. The summed E-state index contributed by atoms with van der Waals surface area (Å²) in [7, 11) is -0.642. The summed E-state index contributed by atoms with van der Waals surface area (Å²) < 4.78 is 11.0. The fraction of sp³-hybridized carbons (Fsp3) is 1.00. The third-order valence-corrected chi connectivity index (χ3v) is 3.09. The summed E-state index contributed by atoms with van der Waals surface area (Å²) in [5.74, 6) is 1.66. The molecule has 0 heterocycles. The van der Waals surface area contributed by atoms with Crippen molar-refractivity contribution in [3.8, 4) is 0 Å².